The van der Waals surface area contributed by atoms with Crippen molar-refractivity contribution in [2.45, 2.75) is 13.8 Å². The molecule has 8 nitrogen and oxygen atoms in total. The Morgan fingerprint density at radius 3 is 2.48 bits per heavy atom. The molecule has 0 atom stereocenters. The van der Waals surface area contributed by atoms with Gasteiger partial charge in [-0.25, -0.2) is 4.98 Å². The smallest absolute Gasteiger partial charge is 0.320 e. The van der Waals surface area contributed by atoms with Crippen LogP contribution in [0, 0.1) is 0 Å². The molecule has 0 spiro atoms. The zero-order chi connectivity index (χ0) is 17.8. The maximum Gasteiger partial charge on any atom is 0.320 e. The van der Waals surface area contributed by atoms with E-state index in [9.17, 15) is 0 Å². The van der Waals surface area contributed by atoms with Crippen molar-refractivity contribution in [1.82, 2.24) is 24.5 Å². The van der Waals surface area contributed by atoms with E-state index in [0.29, 0.717) is 29.8 Å². The molecule has 134 valence electrons. The Balaban J connectivity index is 1.99. The van der Waals surface area contributed by atoms with Crippen LogP contribution in [0.15, 0.2) is 18.5 Å². The van der Waals surface area contributed by atoms with Gasteiger partial charge in [0.1, 0.15) is 12.9 Å². The van der Waals surface area contributed by atoms with Gasteiger partial charge in [-0.15, -0.1) is 0 Å². The number of hydrogen-bond acceptors (Lipinski definition) is 7. The van der Waals surface area contributed by atoms with E-state index in [1.54, 1.807) is 18.7 Å². The summed E-state index contributed by atoms with van der Waals surface area (Å²) in [5, 5.41) is 5.06. The molecule has 0 fully saturated rings. The van der Waals surface area contributed by atoms with Crippen LogP contribution in [0.3, 0.4) is 0 Å². The number of benzene rings is 1. The zero-order valence-electron chi connectivity index (χ0n) is 15.0. The van der Waals surface area contributed by atoms with E-state index in [1.165, 1.54) is 6.33 Å². The summed E-state index contributed by atoms with van der Waals surface area (Å²) < 4.78 is 18.2. The quantitative estimate of drug-likeness (QED) is 0.618. The molecule has 8 heteroatoms. The Morgan fingerprint density at radius 1 is 1.08 bits per heavy atom. The Labute approximate surface area is 146 Å². The van der Waals surface area contributed by atoms with Crippen LogP contribution in [0.25, 0.3) is 16.6 Å². The molecule has 0 saturated heterocycles. The molecule has 0 bridgehead atoms. The van der Waals surface area contributed by atoms with Crippen molar-refractivity contribution in [3.8, 4) is 17.5 Å². The zero-order valence-corrected chi connectivity index (χ0v) is 15.0. The summed E-state index contributed by atoms with van der Waals surface area (Å²) in [4.78, 5) is 11.2. The van der Waals surface area contributed by atoms with Crippen LogP contribution in [-0.4, -0.2) is 64.9 Å². The second-order valence-corrected chi connectivity index (χ2v) is 5.49. The summed E-state index contributed by atoms with van der Waals surface area (Å²) in [5.74, 6) is 1.23. The van der Waals surface area contributed by atoms with Crippen LogP contribution >= 0.6 is 0 Å². The van der Waals surface area contributed by atoms with Crippen LogP contribution in [0.1, 0.15) is 13.8 Å². The van der Waals surface area contributed by atoms with E-state index >= 15 is 0 Å². The average Bonchev–Trinajstić information content (AvgIpc) is 3.14. The van der Waals surface area contributed by atoms with Gasteiger partial charge >= 0.3 is 6.01 Å². The molecule has 3 rings (SSSR count). The molecule has 0 radical (unpaired) electrons. The lowest BCUT2D eigenvalue weighted by Crippen LogP contribution is -2.28. The summed E-state index contributed by atoms with van der Waals surface area (Å²) in [7, 11) is 3.20. The van der Waals surface area contributed by atoms with Crippen LogP contribution in [0.2, 0.25) is 0 Å². The number of ether oxygens (including phenoxy) is 3. The number of methoxy groups -OCH3 is 2. The molecular formula is C17H23N5O3. The minimum absolute atomic E-state index is 0.416. The molecule has 0 saturated carbocycles. The van der Waals surface area contributed by atoms with Gasteiger partial charge in [0.25, 0.3) is 0 Å². The lowest BCUT2D eigenvalue weighted by Gasteiger charge is -2.18. The first-order valence-corrected chi connectivity index (χ1v) is 8.32. The monoisotopic (exact) mass is 345 g/mol. The number of aromatic nitrogens is 4. The van der Waals surface area contributed by atoms with Gasteiger partial charge < -0.3 is 19.1 Å². The third-order valence-electron chi connectivity index (χ3n) is 4.22. The molecule has 3 aromatic rings. The average molecular weight is 345 g/mol. The molecule has 2 aromatic heterocycles. The van der Waals surface area contributed by atoms with Gasteiger partial charge in [-0.2, -0.15) is 14.6 Å². The molecule has 25 heavy (non-hydrogen) atoms. The van der Waals surface area contributed by atoms with E-state index in [4.69, 9.17) is 14.2 Å². The summed E-state index contributed by atoms with van der Waals surface area (Å²) in [6.45, 7) is 7.60. The van der Waals surface area contributed by atoms with Gasteiger partial charge in [0, 0.05) is 18.0 Å². The number of fused-ring (bicyclic) bond motifs is 3. The normalized spacial score (nSPS) is 11.4. The topological polar surface area (TPSA) is 74.0 Å². The first-order chi connectivity index (χ1) is 12.2. The molecule has 0 N–H and O–H groups in total. The molecule has 0 aliphatic heterocycles. The van der Waals surface area contributed by atoms with Crippen molar-refractivity contribution in [3.05, 3.63) is 18.5 Å². The highest BCUT2D eigenvalue weighted by atomic mass is 16.5. The number of likely N-dealkylation sites (N-methyl/N-ethyl adjacent to an activating group) is 1. The highest BCUT2D eigenvalue weighted by molar-refractivity contribution is 5.93. The van der Waals surface area contributed by atoms with Crippen LogP contribution < -0.4 is 14.2 Å². The number of rotatable bonds is 8. The van der Waals surface area contributed by atoms with Crippen LogP contribution in [0.4, 0.5) is 0 Å². The van der Waals surface area contributed by atoms with E-state index in [1.807, 2.05) is 12.1 Å². The van der Waals surface area contributed by atoms with Gasteiger partial charge in [-0.05, 0) is 19.2 Å². The Hall–Kier alpha value is -2.61. The van der Waals surface area contributed by atoms with Crippen LogP contribution in [0.5, 0.6) is 17.5 Å². The van der Waals surface area contributed by atoms with Gasteiger partial charge in [0.15, 0.2) is 17.1 Å². The highest BCUT2D eigenvalue weighted by Crippen LogP contribution is 2.33. The summed E-state index contributed by atoms with van der Waals surface area (Å²) in [6.07, 6.45) is 1.49. The maximum absolute atomic E-state index is 5.89. The Kier molecular flexibility index (Phi) is 5.18. The highest BCUT2D eigenvalue weighted by Gasteiger charge is 2.15. The largest absolute Gasteiger partial charge is 0.493 e. The van der Waals surface area contributed by atoms with Crippen molar-refractivity contribution in [1.29, 1.82) is 0 Å². The van der Waals surface area contributed by atoms with Gasteiger partial charge in [-0.3, -0.25) is 0 Å². The van der Waals surface area contributed by atoms with Crippen molar-refractivity contribution in [2.24, 2.45) is 0 Å². The van der Waals surface area contributed by atoms with Gasteiger partial charge in [0.05, 0.1) is 19.7 Å². The molecule has 0 aliphatic carbocycles. The number of hydrogen-bond donors (Lipinski definition) is 0. The second kappa shape index (κ2) is 7.52. The van der Waals surface area contributed by atoms with Crippen molar-refractivity contribution in [2.75, 3.05) is 40.5 Å². The van der Waals surface area contributed by atoms with E-state index < -0.39 is 0 Å². The lowest BCUT2D eigenvalue weighted by molar-refractivity contribution is 0.209. The van der Waals surface area contributed by atoms with Crippen molar-refractivity contribution in [3.63, 3.8) is 0 Å². The maximum atomic E-state index is 5.89. The standard InChI is InChI=1S/C17H23N5O3/c1-5-21(6-2)7-8-25-17-20-13-10-15(24-4)14(23-3)9-12(13)16-18-11-19-22(16)17/h9-11H,5-8H2,1-4H3. The predicted molar refractivity (Wildman–Crippen MR) is 94.7 cm³/mol. The first-order valence-electron chi connectivity index (χ1n) is 8.32. The molecular weight excluding hydrogens is 322 g/mol. The van der Waals surface area contributed by atoms with E-state index in [0.717, 1.165) is 30.5 Å². The van der Waals surface area contributed by atoms with Gasteiger partial charge in [-0.1, -0.05) is 13.8 Å². The van der Waals surface area contributed by atoms with Crippen LogP contribution in [-0.2, 0) is 0 Å². The molecule has 0 unspecified atom stereocenters. The Bertz CT molecular complexity index is 860. The van der Waals surface area contributed by atoms with Gasteiger partial charge in [0.2, 0.25) is 0 Å². The number of nitrogens with zero attached hydrogens (tertiary/aromatic N) is 5. The minimum Gasteiger partial charge on any atom is -0.493 e. The third kappa shape index (κ3) is 3.30. The first kappa shape index (κ1) is 17.2. The lowest BCUT2D eigenvalue weighted by atomic mass is 10.2. The second-order valence-electron chi connectivity index (χ2n) is 5.49. The molecule has 0 amide bonds. The van der Waals surface area contributed by atoms with Crippen molar-refractivity contribution < 1.29 is 14.2 Å². The van der Waals surface area contributed by atoms with Crippen molar-refractivity contribution >= 4 is 16.6 Å². The Morgan fingerprint density at radius 2 is 1.80 bits per heavy atom. The molecule has 1 aromatic carbocycles. The third-order valence-corrected chi connectivity index (χ3v) is 4.22. The fraction of sp³-hybridized carbons (Fsp3) is 0.471. The molecule has 2 heterocycles. The predicted octanol–water partition coefficient (Wildman–Crippen LogP) is 2.02. The fourth-order valence-electron chi connectivity index (χ4n) is 2.75. The summed E-state index contributed by atoms with van der Waals surface area (Å²) in [6, 6.07) is 4.09. The SMILES string of the molecule is CCN(CC)CCOc1nc2cc(OC)c(OC)cc2c2ncnn12. The molecule has 0 aliphatic rings. The van der Waals surface area contributed by atoms with E-state index in [2.05, 4.69) is 33.8 Å². The summed E-state index contributed by atoms with van der Waals surface area (Å²) >= 11 is 0. The minimum atomic E-state index is 0.416. The van der Waals surface area contributed by atoms with E-state index in [-0.39, 0.29) is 0 Å². The summed E-state index contributed by atoms with van der Waals surface area (Å²) in [5.41, 5.74) is 1.39. The fourth-order valence-corrected chi connectivity index (χ4v) is 2.75.